The Balaban J connectivity index is 0.000000847. The van der Waals surface area contributed by atoms with Crippen molar-refractivity contribution in [2.24, 2.45) is 0 Å². The fourth-order valence-corrected chi connectivity index (χ4v) is 3.46. The van der Waals surface area contributed by atoms with E-state index in [2.05, 4.69) is 37.1 Å². The van der Waals surface area contributed by atoms with Crippen LogP contribution in [0.25, 0.3) is 0 Å². The number of hydrogen-bond acceptors (Lipinski definition) is 2. The number of rotatable bonds is 1. The molecule has 22 heavy (non-hydrogen) atoms. The van der Waals surface area contributed by atoms with Crippen molar-refractivity contribution in [1.82, 2.24) is 4.90 Å². The Morgan fingerprint density at radius 1 is 1.14 bits per heavy atom. The molecule has 1 atom stereocenters. The summed E-state index contributed by atoms with van der Waals surface area (Å²) in [6.45, 7) is 7.97. The highest BCUT2D eigenvalue weighted by atomic mass is 35.5. The molecule has 0 radical (unpaired) electrons. The summed E-state index contributed by atoms with van der Waals surface area (Å²) in [5.74, 6) is 0.294. The molecule has 0 aromatic heterocycles. The monoisotopic (exact) mass is 316 g/mol. The van der Waals surface area contributed by atoms with Gasteiger partial charge in [0.05, 0.1) is 0 Å². The van der Waals surface area contributed by atoms with Gasteiger partial charge in [-0.1, -0.05) is 49.7 Å². The van der Waals surface area contributed by atoms with Crippen LogP contribution < -0.4 is 5.73 Å². The van der Waals surface area contributed by atoms with Gasteiger partial charge in [0.2, 0.25) is 0 Å². The van der Waals surface area contributed by atoms with Crippen LogP contribution in [-0.2, 0) is 6.54 Å². The highest BCUT2D eigenvalue weighted by molar-refractivity contribution is 6.31. The van der Waals surface area contributed by atoms with E-state index in [1.54, 1.807) is 0 Å². The number of fused-ring (bicyclic) bond motifs is 1. The van der Waals surface area contributed by atoms with Crippen molar-refractivity contribution in [2.75, 3.05) is 19.3 Å². The Kier molecular flexibility index (Phi) is 5.49. The molecule has 2 aromatic rings. The standard InChI is InChI=1S/C17H19ClN2.C2H6/c1-11-7-13-14(12-5-3-4-6-17(12)19)9-20(2)10-15(13)16(18)8-11;1-2/h3-8,14H,9-10,19H2,1-2H3;1-2H3. The zero-order valence-corrected chi connectivity index (χ0v) is 14.6. The summed E-state index contributed by atoms with van der Waals surface area (Å²) in [4.78, 5) is 2.31. The number of nitrogen functional groups attached to an aromatic ring is 1. The second kappa shape index (κ2) is 7.17. The smallest absolute Gasteiger partial charge is 0.0456 e. The fraction of sp³-hybridized carbons (Fsp3) is 0.368. The third kappa shape index (κ3) is 3.29. The summed E-state index contributed by atoms with van der Waals surface area (Å²) >= 11 is 6.45. The van der Waals surface area contributed by atoms with Crippen LogP contribution in [0, 0.1) is 6.92 Å². The summed E-state index contributed by atoms with van der Waals surface area (Å²) in [7, 11) is 2.13. The normalized spacial score (nSPS) is 17.4. The van der Waals surface area contributed by atoms with Gasteiger partial charge in [0.15, 0.2) is 0 Å². The molecule has 0 saturated carbocycles. The Hall–Kier alpha value is -1.51. The Morgan fingerprint density at radius 3 is 2.50 bits per heavy atom. The molecule has 0 amide bonds. The molecule has 0 aliphatic carbocycles. The summed E-state index contributed by atoms with van der Waals surface area (Å²) in [6, 6.07) is 12.4. The SMILES string of the molecule is CC.Cc1cc(Cl)c2c(c1)C(c1ccccc1N)CN(C)C2. The number of aryl methyl sites for hydroxylation is 1. The van der Waals surface area contributed by atoms with Gasteiger partial charge in [-0.2, -0.15) is 0 Å². The van der Waals surface area contributed by atoms with Gasteiger partial charge in [0, 0.05) is 29.7 Å². The minimum absolute atomic E-state index is 0.294. The lowest BCUT2D eigenvalue weighted by molar-refractivity contribution is 0.295. The van der Waals surface area contributed by atoms with E-state index < -0.39 is 0 Å². The second-order valence-corrected chi connectivity index (χ2v) is 6.10. The number of likely N-dealkylation sites (N-methyl/N-ethyl adjacent to an activating group) is 1. The molecular weight excluding hydrogens is 292 g/mol. The van der Waals surface area contributed by atoms with Gasteiger partial charge in [-0.15, -0.1) is 0 Å². The topological polar surface area (TPSA) is 29.3 Å². The lowest BCUT2D eigenvalue weighted by Gasteiger charge is -2.34. The van der Waals surface area contributed by atoms with Crippen LogP contribution in [0.2, 0.25) is 5.02 Å². The number of anilines is 1. The first-order valence-corrected chi connectivity index (χ1v) is 8.26. The predicted octanol–water partition coefficient (Wildman–Crippen LogP) is 4.83. The number of para-hydroxylation sites is 1. The largest absolute Gasteiger partial charge is 0.398 e. The summed E-state index contributed by atoms with van der Waals surface area (Å²) in [5.41, 5.74) is 12.0. The van der Waals surface area contributed by atoms with Crippen molar-refractivity contribution in [2.45, 2.75) is 33.2 Å². The number of nitrogens with two attached hydrogens (primary N) is 1. The summed E-state index contributed by atoms with van der Waals surface area (Å²) in [6.07, 6.45) is 0. The molecule has 3 heteroatoms. The molecule has 0 fully saturated rings. The number of nitrogens with zero attached hydrogens (tertiary/aromatic N) is 1. The lowest BCUT2D eigenvalue weighted by Crippen LogP contribution is -2.31. The van der Waals surface area contributed by atoms with Crippen LogP contribution in [0.4, 0.5) is 5.69 Å². The van der Waals surface area contributed by atoms with Crippen LogP contribution >= 0.6 is 11.6 Å². The van der Waals surface area contributed by atoms with E-state index in [-0.39, 0.29) is 0 Å². The molecular formula is C19H25ClN2. The van der Waals surface area contributed by atoms with Crippen molar-refractivity contribution in [3.05, 3.63) is 63.7 Å². The van der Waals surface area contributed by atoms with E-state index in [1.807, 2.05) is 32.0 Å². The van der Waals surface area contributed by atoms with Gasteiger partial charge in [0.1, 0.15) is 0 Å². The minimum atomic E-state index is 0.294. The van der Waals surface area contributed by atoms with E-state index in [0.29, 0.717) is 5.92 Å². The van der Waals surface area contributed by atoms with Crippen LogP contribution in [0.15, 0.2) is 36.4 Å². The van der Waals surface area contributed by atoms with Crippen LogP contribution in [0.5, 0.6) is 0 Å². The van der Waals surface area contributed by atoms with E-state index in [4.69, 9.17) is 17.3 Å². The molecule has 3 rings (SSSR count). The molecule has 0 saturated heterocycles. The van der Waals surface area contributed by atoms with Crippen LogP contribution in [0.1, 0.15) is 42.0 Å². The zero-order valence-electron chi connectivity index (χ0n) is 13.9. The molecule has 118 valence electrons. The van der Waals surface area contributed by atoms with Gasteiger partial charge < -0.3 is 10.6 Å². The van der Waals surface area contributed by atoms with Gasteiger partial charge in [-0.05, 0) is 48.4 Å². The van der Waals surface area contributed by atoms with Crippen molar-refractivity contribution in [3.63, 3.8) is 0 Å². The molecule has 2 N–H and O–H groups in total. The highest BCUT2D eigenvalue weighted by Gasteiger charge is 2.27. The van der Waals surface area contributed by atoms with E-state index in [0.717, 1.165) is 23.8 Å². The minimum Gasteiger partial charge on any atom is -0.398 e. The molecule has 2 aromatic carbocycles. The maximum absolute atomic E-state index is 6.45. The molecule has 1 aliphatic rings. The van der Waals surface area contributed by atoms with Crippen molar-refractivity contribution in [1.29, 1.82) is 0 Å². The van der Waals surface area contributed by atoms with Crippen LogP contribution in [0.3, 0.4) is 0 Å². The second-order valence-electron chi connectivity index (χ2n) is 5.69. The van der Waals surface area contributed by atoms with Crippen molar-refractivity contribution < 1.29 is 0 Å². The molecule has 0 bridgehead atoms. The molecule has 1 heterocycles. The maximum atomic E-state index is 6.45. The van der Waals surface area contributed by atoms with E-state index in [9.17, 15) is 0 Å². The van der Waals surface area contributed by atoms with Gasteiger partial charge >= 0.3 is 0 Å². The number of hydrogen-bond donors (Lipinski definition) is 1. The van der Waals surface area contributed by atoms with Crippen molar-refractivity contribution in [3.8, 4) is 0 Å². The van der Waals surface area contributed by atoms with Crippen LogP contribution in [-0.4, -0.2) is 18.5 Å². The van der Waals surface area contributed by atoms with E-state index in [1.165, 1.54) is 22.3 Å². The number of benzene rings is 2. The first-order valence-electron chi connectivity index (χ1n) is 7.88. The average Bonchev–Trinajstić information content (AvgIpc) is 2.50. The molecule has 1 unspecified atom stereocenters. The zero-order chi connectivity index (χ0) is 16.3. The lowest BCUT2D eigenvalue weighted by atomic mass is 9.83. The Bertz CT molecular complexity index is 652. The first kappa shape index (κ1) is 16.9. The van der Waals surface area contributed by atoms with Gasteiger partial charge in [-0.3, -0.25) is 0 Å². The highest BCUT2D eigenvalue weighted by Crippen LogP contribution is 2.38. The molecule has 2 nitrogen and oxygen atoms in total. The third-order valence-corrected chi connectivity index (χ3v) is 4.38. The van der Waals surface area contributed by atoms with Gasteiger partial charge in [0.25, 0.3) is 0 Å². The first-order chi connectivity index (χ1) is 10.6. The summed E-state index contributed by atoms with van der Waals surface area (Å²) in [5, 5.41) is 0.867. The van der Waals surface area contributed by atoms with E-state index >= 15 is 0 Å². The Labute approximate surface area is 138 Å². The van der Waals surface area contributed by atoms with Gasteiger partial charge in [-0.25, -0.2) is 0 Å². The number of halogens is 1. The fourth-order valence-electron chi connectivity index (χ4n) is 3.12. The Morgan fingerprint density at radius 2 is 1.82 bits per heavy atom. The third-order valence-electron chi connectivity index (χ3n) is 4.04. The maximum Gasteiger partial charge on any atom is 0.0456 e. The predicted molar refractivity (Wildman–Crippen MR) is 96.6 cm³/mol. The van der Waals surface area contributed by atoms with Crippen molar-refractivity contribution >= 4 is 17.3 Å². The quantitative estimate of drug-likeness (QED) is 0.763. The average molecular weight is 317 g/mol. The summed E-state index contributed by atoms with van der Waals surface area (Å²) < 4.78 is 0. The molecule has 1 aliphatic heterocycles. The molecule has 0 spiro atoms.